The molecule has 0 heterocycles. The van der Waals surface area contributed by atoms with Crippen LogP contribution in [0.4, 0.5) is 0 Å². The van der Waals surface area contributed by atoms with E-state index >= 15 is 0 Å². The number of aryl methyl sites for hydroxylation is 1. The lowest BCUT2D eigenvalue weighted by Crippen LogP contribution is -2.28. The largest absolute Gasteiger partial charge is 0.341 e. The van der Waals surface area contributed by atoms with Crippen LogP contribution in [0.1, 0.15) is 133 Å². The fourth-order valence-electron chi connectivity index (χ4n) is 4.22. The van der Waals surface area contributed by atoms with E-state index in [1.54, 1.807) is 12.1 Å². The molecule has 0 aliphatic heterocycles. The SMILES string of the molecule is CCCCCCCCCCCCCCCCCCc1cccc(C(=O)NC(C)=O)c1I(=O)=O. The van der Waals surface area contributed by atoms with Gasteiger partial charge in [0.15, 0.2) is 0 Å². The highest BCUT2D eigenvalue weighted by molar-refractivity contribution is 14.2. The highest BCUT2D eigenvalue weighted by Gasteiger charge is 2.19. The molecule has 0 fully saturated rings. The normalized spacial score (nSPS) is 11.1. The van der Waals surface area contributed by atoms with Crippen LogP contribution < -0.4 is 5.32 Å². The van der Waals surface area contributed by atoms with Gasteiger partial charge in [-0.25, -0.2) is 6.14 Å². The maximum absolute atomic E-state index is 12.2. The lowest BCUT2D eigenvalue weighted by molar-refractivity contribution is -0.118. The second-order valence-corrected chi connectivity index (χ2v) is 11.4. The minimum atomic E-state index is -3.86. The molecule has 2 amide bonds. The summed E-state index contributed by atoms with van der Waals surface area (Å²) in [6.45, 7) is 3.50. The molecule has 1 rings (SSSR count). The highest BCUT2D eigenvalue weighted by Crippen LogP contribution is 2.27. The molecule has 0 bridgehead atoms. The molecule has 0 saturated heterocycles. The number of hydrogen-bond acceptors (Lipinski definition) is 4. The average Bonchev–Trinajstić information content (AvgIpc) is 2.78. The molecule has 0 aliphatic rings. The third kappa shape index (κ3) is 13.9. The van der Waals surface area contributed by atoms with Gasteiger partial charge in [-0.2, -0.15) is 0 Å². The quantitative estimate of drug-likeness (QED) is 0.134. The molecule has 33 heavy (non-hydrogen) atoms. The Morgan fingerprint density at radius 3 is 1.61 bits per heavy atom. The van der Waals surface area contributed by atoms with E-state index in [1.807, 2.05) is 0 Å². The Kier molecular flexibility index (Phi) is 17.2. The number of benzene rings is 1. The standard InChI is InChI=1S/C27H44INO4/c1-3-4-5-6-7-8-9-10-11-12-13-14-15-16-17-18-20-24-21-19-22-25(26(24)28(32)33)27(31)29-23(2)30/h19,21-22H,3-18,20H2,1-2H3,(H,29,30,31). The number of amides is 2. The number of carbonyl (C=O) groups is 2. The Morgan fingerprint density at radius 2 is 1.18 bits per heavy atom. The zero-order valence-electron chi connectivity index (χ0n) is 20.8. The summed E-state index contributed by atoms with van der Waals surface area (Å²) >= 11 is -3.86. The molecule has 0 unspecified atom stereocenters. The maximum atomic E-state index is 12.2. The van der Waals surface area contributed by atoms with Crippen LogP contribution in [-0.2, 0) is 17.4 Å². The van der Waals surface area contributed by atoms with Crippen molar-refractivity contribution in [3.8, 4) is 0 Å². The fraction of sp³-hybridized carbons (Fsp3) is 0.704. The van der Waals surface area contributed by atoms with Gasteiger partial charge >= 0.3 is 19.8 Å². The molecule has 1 N–H and O–H groups in total. The van der Waals surface area contributed by atoms with Gasteiger partial charge in [0, 0.05) is 6.92 Å². The highest BCUT2D eigenvalue weighted by atomic mass is 127. The second kappa shape index (κ2) is 19.0. The van der Waals surface area contributed by atoms with Gasteiger partial charge < -0.3 is 0 Å². The molecule has 5 nitrogen and oxygen atoms in total. The number of unbranched alkanes of at least 4 members (excludes halogenated alkanes) is 15. The zero-order valence-corrected chi connectivity index (χ0v) is 22.9. The molecule has 1 aromatic carbocycles. The Hall–Kier alpha value is -1.31. The van der Waals surface area contributed by atoms with Crippen molar-refractivity contribution < 1.29 is 15.7 Å². The van der Waals surface area contributed by atoms with Crippen molar-refractivity contribution in [1.29, 1.82) is 0 Å². The van der Waals surface area contributed by atoms with Crippen LogP contribution in [0.5, 0.6) is 0 Å². The summed E-state index contributed by atoms with van der Waals surface area (Å²) in [5, 5.41) is 2.17. The molecule has 0 aromatic heterocycles. The van der Waals surface area contributed by atoms with Gasteiger partial charge in [-0.1, -0.05) is 115 Å². The van der Waals surface area contributed by atoms with E-state index in [0.29, 0.717) is 12.0 Å². The first kappa shape index (κ1) is 29.7. The Balaban J connectivity index is 2.16. The number of carbonyl (C=O) groups excluding carboxylic acids is 2. The van der Waals surface area contributed by atoms with Crippen molar-refractivity contribution in [1.82, 2.24) is 5.32 Å². The molecule has 0 spiro atoms. The van der Waals surface area contributed by atoms with E-state index in [0.717, 1.165) is 19.3 Å². The molecule has 188 valence electrons. The third-order valence-electron chi connectivity index (χ3n) is 6.07. The Bertz CT molecular complexity index is 765. The van der Waals surface area contributed by atoms with E-state index in [4.69, 9.17) is 0 Å². The second-order valence-electron chi connectivity index (χ2n) is 9.06. The summed E-state index contributed by atoms with van der Waals surface area (Å²) in [6, 6.07) is 4.95. The Morgan fingerprint density at radius 1 is 0.727 bits per heavy atom. The van der Waals surface area contributed by atoms with E-state index < -0.39 is 31.6 Å². The van der Waals surface area contributed by atoms with Crippen LogP contribution in [0.2, 0.25) is 0 Å². The van der Waals surface area contributed by atoms with Crippen LogP contribution in [0.15, 0.2) is 18.2 Å². The van der Waals surface area contributed by atoms with Gasteiger partial charge in [0.2, 0.25) is 5.91 Å². The number of nitrogens with one attached hydrogen (secondary N) is 1. The van der Waals surface area contributed by atoms with Gasteiger partial charge in [-0.3, -0.25) is 14.9 Å². The van der Waals surface area contributed by atoms with Crippen molar-refractivity contribution in [3.63, 3.8) is 0 Å². The molecule has 0 saturated carbocycles. The topological polar surface area (TPSA) is 80.3 Å². The maximum Gasteiger partial charge on any atom is 0.341 e. The number of imide groups is 1. The molecule has 0 aliphatic carbocycles. The van der Waals surface area contributed by atoms with Gasteiger partial charge in [-0.05, 0) is 24.5 Å². The predicted molar refractivity (Wildman–Crippen MR) is 142 cm³/mol. The van der Waals surface area contributed by atoms with Crippen LogP contribution in [0, 0.1) is 3.57 Å². The lowest BCUT2D eigenvalue weighted by Gasteiger charge is -2.09. The molecular weight excluding hydrogens is 529 g/mol. The lowest BCUT2D eigenvalue weighted by atomic mass is 10.0. The molecule has 1 aromatic rings. The number of hydrogen-bond donors (Lipinski definition) is 1. The Labute approximate surface area is 208 Å². The molecule has 0 atom stereocenters. The van der Waals surface area contributed by atoms with E-state index in [1.165, 1.54) is 96.5 Å². The van der Waals surface area contributed by atoms with Crippen LogP contribution in [-0.4, -0.2) is 11.8 Å². The van der Waals surface area contributed by atoms with Crippen LogP contribution in [0.3, 0.4) is 0 Å². The van der Waals surface area contributed by atoms with E-state index in [9.17, 15) is 15.7 Å². The van der Waals surface area contributed by atoms with Crippen molar-refractivity contribution >= 4 is 31.6 Å². The van der Waals surface area contributed by atoms with Crippen molar-refractivity contribution in [2.45, 2.75) is 123 Å². The molecule has 6 heteroatoms. The van der Waals surface area contributed by atoms with E-state index in [2.05, 4.69) is 12.2 Å². The summed E-state index contributed by atoms with van der Waals surface area (Å²) in [7, 11) is 0. The monoisotopic (exact) mass is 573 g/mol. The number of halogens is 1. The summed E-state index contributed by atoms with van der Waals surface area (Å²) in [5.74, 6) is -1.13. The summed E-state index contributed by atoms with van der Waals surface area (Å²) in [5.41, 5.74) is 0.793. The van der Waals surface area contributed by atoms with E-state index in [-0.39, 0.29) is 9.13 Å². The minimum Gasteiger partial charge on any atom is -0.293 e. The first-order chi connectivity index (χ1) is 16.0. The van der Waals surface area contributed by atoms with Crippen molar-refractivity contribution in [2.75, 3.05) is 0 Å². The van der Waals surface area contributed by atoms with Gasteiger partial charge in [0.25, 0.3) is 5.91 Å². The first-order valence-electron chi connectivity index (χ1n) is 13.0. The molecule has 0 radical (unpaired) electrons. The summed E-state index contributed by atoms with van der Waals surface area (Å²) in [4.78, 5) is 23.3. The van der Waals surface area contributed by atoms with Gasteiger partial charge in [-0.15, -0.1) is 0 Å². The van der Waals surface area contributed by atoms with Crippen molar-refractivity contribution in [2.24, 2.45) is 0 Å². The summed E-state index contributed by atoms with van der Waals surface area (Å²) < 4.78 is 23.9. The van der Waals surface area contributed by atoms with Gasteiger partial charge in [0.1, 0.15) is 0 Å². The minimum absolute atomic E-state index is 0.0920. The van der Waals surface area contributed by atoms with Gasteiger partial charge in [0.05, 0.1) is 9.13 Å². The van der Waals surface area contributed by atoms with Crippen LogP contribution >= 0.6 is 19.8 Å². The molecular formula is C27H44INO4. The fourth-order valence-corrected chi connectivity index (χ4v) is 6.14. The summed E-state index contributed by atoms with van der Waals surface area (Å²) in [6.07, 6.45) is 21.4. The third-order valence-corrected chi connectivity index (χ3v) is 8.22. The zero-order chi connectivity index (χ0) is 24.3. The van der Waals surface area contributed by atoms with Crippen LogP contribution in [0.25, 0.3) is 0 Å². The smallest absolute Gasteiger partial charge is 0.293 e. The first-order valence-corrected chi connectivity index (χ1v) is 15.8. The average molecular weight is 574 g/mol. The predicted octanol–water partition coefficient (Wildman–Crippen LogP) is 8.13. The van der Waals surface area contributed by atoms with Crippen molar-refractivity contribution in [3.05, 3.63) is 32.9 Å². The number of rotatable bonds is 19.